The van der Waals surface area contributed by atoms with Crippen molar-refractivity contribution in [2.75, 3.05) is 7.11 Å². The van der Waals surface area contributed by atoms with Gasteiger partial charge in [0.2, 0.25) is 0 Å². The quantitative estimate of drug-likeness (QED) is 0.230. The van der Waals surface area contributed by atoms with Crippen LogP contribution in [0, 0.1) is 0 Å². The minimum atomic E-state index is 0.442. The summed E-state index contributed by atoms with van der Waals surface area (Å²) in [7, 11) is 1.66. The lowest BCUT2D eigenvalue weighted by Crippen LogP contribution is -2.03. The Hall–Kier alpha value is -4.04. The topological polar surface area (TPSA) is 75.2 Å². The standard InChI is InChI=1S/C27H24N4O3S/c1-32-24-8-4-6-21(16-24)26-29-30-27(31(26)17-25-9-5-15-33-25)35-19-20-10-12-23(13-11-20)34-18-22-7-2-3-14-28-22/h2-16H,17-19H2,1H3. The van der Waals surface area contributed by atoms with Crippen molar-refractivity contribution >= 4 is 11.8 Å². The molecule has 0 atom stereocenters. The average molecular weight is 485 g/mol. The van der Waals surface area contributed by atoms with Gasteiger partial charge in [-0.15, -0.1) is 10.2 Å². The van der Waals surface area contributed by atoms with Crippen molar-refractivity contribution in [3.63, 3.8) is 0 Å². The smallest absolute Gasteiger partial charge is 0.192 e. The van der Waals surface area contributed by atoms with Gasteiger partial charge in [0.05, 0.1) is 25.6 Å². The van der Waals surface area contributed by atoms with E-state index in [2.05, 4.69) is 31.9 Å². The first kappa shape index (κ1) is 22.7. The second-order valence-electron chi connectivity index (χ2n) is 7.75. The zero-order chi connectivity index (χ0) is 23.9. The summed E-state index contributed by atoms with van der Waals surface area (Å²) in [6.45, 7) is 0.979. The van der Waals surface area contributed by atoms with Gasteiger partial charge >= 0.3 is 0 Å². The van der Waals surface area contributed by atoms with Crippen LogP contribution in [0.3, 0.4) is 0 Å². The van der Waals surface area contributed by atoms with Gasteiger partial charge in [-0.25, -0.2) is 0 Å². The number of hydrogen-bond donors (Lipinski definition) is 0. The average Bonchev–Trinajstić information content (AvgIpc) is 3.58. The maximum Gasteiger partial charge on any atom is 0.192 e. The van der Waals surface area contributed by atoms with Crippen LogP contribution in [0.15, 0.2) is 101 Å². The molecule has 0 saturated heterocycles. The maximum atomic E-state index is 5.84. The lowest BCUT2D eigenvalue weighted by molar-refractivity contribution is 0.301. The molecule has 3 aromatic heterocycles. The second-order valence-corrected chi connectivity index (χ2v) is 8.69. The number of aromatic nitrogens is 4. The SMILES string of the molecule is COc1cccc(-c2nnc(SCc3ccc(OCc4ccccn4)cc3)n2Cc2ccco2)c1. The Bertz CT molecular complexity index is 1350. The second kappa shape index (κ2) is 10.9. The van der Waals surface area contributed by atoms with Crippen LogP contribution in [0.5, 0.6) is 11.5 Å². The molecule has 35 heavy (non-hydrogen) atoms. The van der Waals surface area contributed by atoms with Crippen LogP contribution in [0.25, 0.3) is 11.4 Å². The van der Waals surface area contributed by atoms with E-state index in [4.69, 9.17) is 13.9 Å². The highest BCUT2D eigenvalue weighted by atomic mass is 32.2. The third-order valence-corrected chi connectivity index (χ3v) is 6.38. The van der Waals surface area contributed by atoms with E-state index in [1.54, 1.807) is 31.3 Å². The first-order valence-electron chi connectivity index (χ1n) is 11.1. The number of benzene rings is 2. The molecule has 0 N–H and O–H groups in total. The summed E-state index contributed by atoms with van der Waals surface area (Å²) in [6, 6.07) is 25.6. The van der Waals surface area contributed by atoms with E-state index in [0.717, 1.165) is 50.8 Å². The van der Waals surface area contributed by atoms with Crippen LogP contribution in [0.4, 0.5) is 0 Å². The van der Waals surface area contributed by atoms with E-state index in [1.165, 1.54) is 0 Å². The molecule has 0 aliphatic heterocycles. The number of nitrogens with zero attached hydrogens (tertiary/aromatic N) is 4. The van der Waals surface area contributed by atoms with Gasteiger partial charge in [-0.1, -0.05) is 42.1 Å². The zero-order valence-electron chi connectivity index (χ0n) is 19.2. The fourth-order valence-electron chi connectivity index (χ4n) is 3.54. The molecule has 0 saturated carbocycles. The van der Waals surface area contributed by atoms with Gasteiger partial charge in [-0.3, -0.25) is 9.55 Å². The van der Waals surface area contributed by atoms with Gasteiger partial charge in [0.15, 0.2) is 11.0 Å². The van der Waals surface area contributed by atoms with Gasteiger partial charge in [-0.05, 0) is 54.1 Å². The molecule has 0 fully saturated rings. The third kappa shape index (κ3) is 5.73. The Balaban J connectivity index is 1.30. The number of thioether (sulfide) groups is 1. The Morgan fingerprint density at radius 1 is 0.914 bits per heavy atom. The van der Waals surface area contributed by atoms with E-state index in [1.807, 2.05) is 66.7 Å². The molecule has 176 valence electrons. The third-order valence-electron chi connectivity index (χ3n) is 5.34. The molecular weight excluding hydrogens is 460 g/mol. The van der Waals surface area contributed by atoms with Crippen LogP contribution in [-0.4, -0.2) is 26.9 Å². The fraction of sp³-hybridized carbons (Fsp3) is 0.148. The minimum absolute atomic E-state index is 0.442. The lowest BCUT2D eigenvalue weighted by atomic mass is 10.2. The van der Waals surface area contributed by atoms with E-state index < -0.39 is 0 Å². The molecule has 7 nitrogen and oxygen atoms in total. The lowest BCUT2D eigenvalue weighted by Gasteiger charge is -2.10. The summed E-state index contributed by atoms with van der Waals surface area (Å²) in [5, 5.41) is 9.79. The molecule has 0 aliphatic rings. The first-order chi connectivity index (χ1) is 17.3. The highest BCUT2D eigenvalue weighted by Crippen LogP contribution is 2.29. The van der Waals surface area contributed by atoms with Crippen LogP contribution >= 0.6 is 11.8 Å². The van der Waals surface area contributed by atoms with Gasteiger partial charge in [0.1, 0.15) is 23.9 Å². The number of ether oxygens (including phenoxy) is 2. The Morgan fingerprint density at radius 2 is 1.83 bits per heavy atom. The fourth-order valence-corrected chi connectivity index (χ4v) is 4.44. The number of methoxy groups -OCH3 is 1. The predicted molar refractivity (Wildman–Crippen MR) is 134 cm³/mol. The molecule has 0 unspecified atom stereocenters. The van der Waals surface area contributed by atoms with Crippen molar-refractivity contribution in [1.29, 1.82) is 0 Å². The molecule has 0 bridgehead atoms. The minimum Gasteiger partial charge on any atom is -0.497 e. The van der Waals surface area contributed by atoms with Crippen LogP contribution in [0.1, 0.15) is 17.0 Å². The number of pyridine rings is 1. The van der Waals surface area contributed by atoms with Crippen molar-refractivity contribution in [2.45, 2.75) is 24.1 Å². The van der Waals surface area contributed by atoms with Crippen LogP contribution in [-0.2, 0) is 18.9 Å². The molecule has 3 heterocycles. The Kier molecular flexibility index (Phi) is 7.10. The van der Waals surface area contributed by atoms with Crippen molar-refractivity contribution < 1.29 is 13.9 Å². The molecular formula is C27H24N4O3S. The molecule has 0 aliphatic carbocycles. The molecule has 2 aromatic carbocycles. The maximum absolute atomic E-state index is 5.84. The van der Waals surface area contributed by atoms with Gasteiger partial charge in [0, 0.05) is 17.5 Å². The summed E-state index contributed by atoms with van der Waals surface area (Å²) < 4.78 is 18.9. The highest BCUT2D eigenvalue weighted by molar-refractivity contribution is 7.98. The van der Waals surface area contributed by atoms with E-state index in [9.17, 15) is 0 Å². The van der Waals surface area contributed by atoms with Gasteiger partial charge in [0.25, 0.3) is 0 Å². The molecule has 5 aromatic rings. The summed E-state index contributed by atoms with van der Waals surface area (Å²) in [6.07, 6.45) is 3.44. The first-order valence-corrected chi connectivity index (χ1v) is 12.1. The molecule has 0 radical (unpaired) electrons. The number of rotatable bonds is 10. The highest BCUT2D eigenvalue weighted by Gasteiger charge is 2.16. The van der Waals surface area contributed by atoms with E-state index in [-0.39, 0.29) is 0 Å². The van der Waals surface area contributed by atoms with E-state index in [0.29, 0.717) is 13.2 Å². The normalized spacial score (nSPS) is 10.9. The number of furan rings is 1. The summed E-state index contributed by atoms with van der Waals surface area (Å²) in [5.41, 5.74) is 3.00. The van der Waals surface area contributed by atoms with Crippen LogP contribution in [0.2, 0.25) is 0 Å². The van der Waals surface area contributed by atoms with Crippen LogP contribution < -0.4 is 9.47 Å². The Morgan fingerprint density at radius 3 is 2.60 bits per heavy atom. The number of hydrogen-bond acceptors (Lipinski definition) is 7. The molecule has 8 heteroatoms. The molecule has 0 amide bonds. The zero-order valence-corrected chi connectivity index (χ0v) is 20.0. The Labute approximate surface area is 207 Å². The summed E-state index contributed by atoms with van der Waals surface area (Å²) in [4.78, 5) is 4.29. The van der Waals surface area contributed by atoms with E-state index >= 15 is 0 Å². The van der Waals surface area contributed by atoms with Crippen molar-refractivity contribution in [2.24, 2.45) is 0 Å². The summed E-state index contributed by atoms with van der Waals surface area (Å²) >= 11 is 1.63. The van der Waals surface area contributed by atoms with Gasteiger partial charge < -0.3 is 13.9 Å². The largest absolute Gasteiger partial charge is 0.497 e. The monoisotopic (exact) mass is 484 g/mol. The predicted octanol–water partition coefficient (Wildman–Crippen LogP) is 5.86. The van der Waals surface area contributed by atoms with Crippen molar-refractivity contribution in [3.05, 3.63) is 108 Å². The molecule has 5 rings (SSSR count). The molecule has 0 spiro atoms. The van der Waals surface area contributed by atoms with Crippen molar-refractivity contribution in [3.8, 4) is 22.9 Å². The van der Waals surface area contributed by atoms with Gasteiger partial charge in [-0.2, -0.15) is 0 Å². The van der Waals surface area contributed by atoms with Crippen molar-refractivity contribution in [1.82, 2.24) is 19.7 Å². The summed E-state index contributed by atoms with van der Waals surface area (Å²) in [5.74, 6) is 3.93.